The van der Waals surface area contributed by atoms with Gasteiger partial charge in [0.05, 0.1) is 17.9 Å². The predicted molar refractivity (Wildman–Crippen MR) is 148 cm³/mol. The molecule has 3 heterocycles. The highest BCUT2D eigenvalue weighted by Gasteiger charge is 2.72. The number of fused-ring (bicyclic) bond motifs is 1. The third kappa shape index (κ3) is 4.42. The van der Waals surface area contributed by atoms with E-state index in [1.165, 1.54) is 17.0 Å². The Kier molecular flexibility index (Phi) is 6.77. The lowest BCUT2D eigenvalue weighted by Crippen LogP contribution is -2.57. The SMILES string of the molecule is Cc1cccc(NC(=O)[C@H]2[C@H]3C=C[C@@]4(O3)[C@H]2C(=O)N(Cc2ccc(F)cc2)[C@@H]4C(=O)N[C@@H]2CCC[C@@H](C)[C@@H]2C)c1. The second kappa shape index (κ2) is 10.1. The van der Waals surface area contributed by atoms with Crippen molar-refractivity contribution < 1.29 is 23.5 Å². The van der Waals surface area contributed by atoms with Gasteiger partial charge in [-0.1, -0.05) is 63.1 Å². The van der Waals surface area contributed by atoms with Crippen molar-refractivity contribution >= 4 is 23.4 Å². The van der Waals surface area contributed by atoms with Crippen LogP contribution in [0.3, 0.4) is 0 Å². The van der Waals surface area contributed by atoms with Crippen LogP contribution in [0.2, 0.25) is 0 Å². The van der Waals surface area contributed by atoms with Crippen molar-refractivity contribution in [2.45, 2.75) is 70.4 Å². The summed E-state index contributed by atoms with van der Waals surface area (Å²) in [5.41, 5.74) is 1.10. The number of rotatable bonds is 6. The number of nitrogens with zero attached hydrogens (tertiary/aromatic N) is 1. The summed E-state index contributed by atoms with van der Waals surface area (Å²) >= 11 is 0. The monoisotopic (exact) mass is 545 g/mol. The van der Waals surface area contributed by atoms with Crippen LogP contribution in [0, 0.1) is 36.4 Å². The highest BCUT2D eigenvalue weighted by atomic mass is 19.1. The minimum absolute atomic E-state index is 0.00234. The molecule has 0 aromatic heterocycles. The molecule has 0 unspecified atom stereocenters. The third-order valence-electron chi connectivity index (χ3n) is 9.51. The minimum Gasteiger partial charge on any atom is -0.359 e. The van der Waals surface area contributed by atoms with Gasteiger partial charge in [0.2, 0.25) is 17.7 Å². The fraction of sp³-hybridized carbons (Fsp3) is 0.469. The quantitative estimate of drug-likeness (QED) is 0.528. The number of hydrogen-bond donors (Lipinski definition) is 2. The van der Waals surface area contributed by atoms with Crippen LogP contribution in [0.1, 0.15) is 44.2 Å². The van der Waals surface area contributed by atoms with E-state index in [1.54, 1.807) is 12.1 Å². The summed E-state index contributed by atoms with van der Waals surface area (Å²) < 4.78 is 20.1. The van der Waals surface area contributed by atoms with E-state index in [1.807, 2.05) is 43.3 Å². The molecule has 2 aromatic rings. The fourth-order valence-electron chi connectivity index (χ4n) is 7.22. The summed E-state index contributed by atoms with van der Waals surface area (Å²) in [6.07, 6.45) is 6.08. The zero-order valence-corrected chi connectivity index (χ0v) is 23.1. The van der Waals surface area contributed by atoms with Gasteiger partial charge in [0, 0.05) is 18.3 Å². The van der Waals surface area contributed by atoms with Gasteiger partial charge >= 0.3 is 0 Å². The Morgan fingerprint density at radius 2 is 1.88 bits per heavy atom. The molecule has 2 saturated heterocycles. The number of benzene rings is 2. The smallest absolute Gasteiger partial charge is 0.246 e. The molecule has 8 heteroatoms. The molecule has 1 spiro atoms. The second-order valence-corrected chi connectivity index (χ2v) is 12.0. The van der Waals surface area contributed by atoms with E-state index < -0.39 is 29.6 Å². The lowest BCUT2D eigenvalue weighted by Gasteiger charge is -2.38. The van der Waals surface area contributed by atoms with Gasteiger partial charge in [-0.25, -0.2) is 4.39 Å². The van der Waals surface area contributed by atoms with Gasteiger partial charge in [0.15, 0.2) is 0 Å². The van der Waals surface area contributed by atoms with E-state index in [-0.39, 0.29) is 36.1 Å². The number of hydrogen-bond acceptors (Lipinski definition) is 4. The summed E-state index contributed by atoms with van der Waals surface area (Å²) in [5, 5.41) is 6.22. The molecule has 1 aliphatic carbocycles. The zero-order valence-electron chi connectivity index (χ0n) is 23.1. The van der Waals surface area contributed by atoms with E-state index in [9.17, 15) is 18.8 Å². The van der Waals surface area contributed by atoms with Crippen molar-refractivity contribution in [3.8, 4) is 0 Å². The number of carbonyl (C=O) groups is 3. The fourth-order valence-corrected chi connectivity index (χ4v) is 7.22. The maximum atomic E-state index is 14.2. The molecule has 2 N–H and O–H groups in total. The zero-order chi connectivity index (χ0) is 28.2. The van der Waals surface area contributed by atoms with Crippen LogP contribution in [0.25, 0.3) is 0 Å². The normalized spacial score (nSPS) is 34.1. The van der Waals surface area contributed by atoms with Gasteiger partial charge in [-0.05, 0) is 60.6 Å². The topological polar surface area (TPSA) is 87.7 Å². The Morgan fingerprint density at radius 1 is 1.10 bits per heavy atom. The van der Waals surface area contributed by atoms with Crippen LogP contribution >= 0.6 is 0 Å². The molecule has 2 bridgehead atoms. The molecule has 3 aliphatic heterocycles. The maximum Gasteiger partial charge on any atom is 0.246 e. The Balaban J connectivity index is 1.33. The number of nitrogens with one attached hydrogen (secondary N) is 2. The predicted octanol–water partition coefficient (Wildman–Crippen LogP) is 4.36. The van der Waals surface area contributed by atoms with Gasteiger partial charge in [-0.15, -0.1) is 0 Å². The average molecular weight is 546 g/mol. The van der Waals surface area contributed by atoms with Crippen LogP contribution in [-0.4, -0.2) is 46.4 Å². The van der Waals surface area contributed by atoms with Crippen LogP contribution in [0.4, 0.5) is 10.1 Å². The van der Waals surface area contributed by atoms with E-state index in [0.717, 1.165) is 24.8 Å². The minimum atomic E-state index is -1.25. The Morgan fingerprint density at radius 3 is 2.62 bits per heavy atom. The molecule has 7 nitrogen and oxygen atoms in total. The summed E-state index contributed by atoms with van der Waals surface area (Å²) in [6.45, 7) is 6.42. The molecule has 3 amide bonds. The lowest BCUT2D eigenvalue weighted by atomic mass is 9.73. The molecule has 210 valence electrons. The van der Waals surface area contributed by atoms with Crippen molar-refractivity contribution in [3.63, 3.8) is 0 Å². The largest absolute Gasteiger partial charge is 0.359 e. The Hall–Kier alpha value is -3.52. The van der Waals surface area contributed by atoms with Crippen LogP contribution < -0.4 is 10.6 Å². The molecule has 2 aromatic carbocycles. The van der Waals surface area contributed by atoms with Crippen molar-refractivity contribution in [1.82, 2.24) is 10.2 Å². The number of anilines is 1. The number of likely N-dealkylation sites (tertiary alicyclic amines) is 1. The van der Waals surface area contributed by atoms with Crippen LogP contribution in [0.15, 0.2) is 60.7 Å². The maximum absolute atomic E-state index is 14.2. The molecular weight excluding hydrogens is 509 g/mol. The van der Waals surface area contributed by atoms with Gasteiger partial charge in [-0.2, -0.15) is 0 Å². The van der Waals surface area contributed by atoms with Crippen LogP contribution in [0.5, 0.6) is 0 Å². The van der Waals surface area contributed by atoms with Gasteiger partial charge in [0.1, 0.15) is 17.5 Å². The second-order valence-electron chi connectivity index (χ2n) is 12.0. The Labute approximate surface area is 234 Å². The number of amides is 3. The summed E-state index contributed by atoms with van der Waals surface area (Å²) in [6, 6.07) is 12.5. The van der Waals surface area contributed by atoms with E-state index >= 15 is 0 Å². The number of carbonyl (C=O) groups excluding carboxylic acids is 3. The number of aryl methyl sites for hydroxylation is 1. The molecule has 40 heavy (non-hydrogen) atoms. The molecule has 0 radical (unpaired) electrons. The molecule has 3 fully saturated rings. The van der Waals surface area contributed by atoms with Gasteiger partial charge in [-0.3, -0.25) is 14.4 Å². The number of halogens is 1. The first-order valence-electron chi connectivity index (χ1n) is 14.3. The standard InChI is InChI=1S/C32H36FN3O4/c1-18-6-4-8-23(16-18)34-29(37)26-25-14-15-32(40-25)27(26)31(39)36(17-21-10-12-22(33)13-11-21)28(32)30(38)35-24-9-5-7-19(2)20(24)3/h4,6,8,10-16,19-20,24-28H,5,7,9,17H2,1-3H3,(H,34,37)(H,35,38)/t19-,20+,24-,25-,26+,27-,28-,32-/m1/s1. The van der Waals surface area contributed by atoms with E-state index in [4.69, 9.17) is 4.74 Å². The molecule has 4 aliphatic rings. The van der Waals surface area contributed by atoms with Gasteiger partial charge < -0.3 is 20.3 Å². The molecule has 6 rings (SSSR count). The van der Waals surface area contributed by atoms with Crippen molar-refractivity contribution in [3.05, 3.63) is 77.6 Å². The average Bonchev–Trinajstić information content (AvgIpc) is 3.55. The molecule has 8 atom stereocenters. The highest BCUT2D eigenvalue weighted by molar-refractivity contribution is 6.02. The van der Waals surface area contributed by atoms with Crippen molar-refractivity contribution in [2.24, 2.45) is 23.7 Å². The third-order valence-corrected chi connectivity index (χ3v) is 9.51. The first-order chi connectivity index (χ1) is 19.2. The number of ether oxygens (including phenoxy) is 1. The molecule has 1 saturated carbocycles. The summed E-state index contributed by atoms with van der Waals surface area (Å²) in [4.78, 5) is 43.5. The summed E-state index contributed by atoms with van der Waals surface area (Å²) in [5.74, 6) is -2.08. The van der Waals surface area contributed by atoms with Crippen LogP contribution in [-0.2, 0) is 25.7 Å². The summed E-state index contributed by atoms with van der Waals surface area (Å²) in [7, 11) is 0. The lowest BCUT2D eigenvalue weighted by molar-refractivity contribution is -0.142. The van der Waals surface area contributed by atoms with Gasteiger partial charge in [0.25, 0.3) is 0 Å². The Bertz CT molecular complexity index is 1360. The van der Waals surface area contributed by atoms with Crippen molar-refractivity contribution in [2.75, 3.05) is 5.32 Å². The first-order valence-corrected chi connectivity index (χ1v) is 14.3. The highest BCUT2D eigenvalue weighted by Crippen LogP contribution is 2.55. The molecular formula is C32H36FN3O4. The van der Waals surface area contributed by atoms with E-state index in [2.05, 4.69) is 24.5 Å². The van der Waals surface area contributed by atoms with E-state index in [0.29, 0.717) is 23.1 Å². The first kappa shape index (κ1) is 26.7. The van der Waals surface area contributed by atoms with Crippen molar-refractivity contribution in [1.29, 1.82) is 0 Å².